The minimum atomic E-state index is -0.104. The van der Waals surface area contributed by atoms with Gasteiger partial charge in [-0.15, -0.1) is 5.10 Å². The molecule has 0 radical (unpaired) electrons. The monoisotopic (exact) mass is 318 g/mol. The van der Waals surface area contributed by atoms with Crippen LogP contribution in [0, 0.1) is 5.92 Å². The summed E-state index contributed by atoms with van der Waals surface area (Å²) >= 11 is 0. The Hall–Kier alpha value is -2.19. The third-order valence-corrected chi connectivity index (χ3v) is 4.27. The first-order chi connectivity index (χ1) is 11.3. The number of nitrogens with one attached hydrogen (secondary N) is 1. The summed E-state index contributed by atoms with van der Waals surface area (Å²) < 4.78 is 18.0. The molecule has 4 heterocycles. The summed E-state index contributed by atoms with van der Waals surface area (Å²) in [5.41, 5.74) is 2.60. The molecule has 2 aliphatic rings. The van der Waals surface area contributed by atoms with E-state index in [2.05, 4.69) is 15.6 Å². The maximum Gasteiger partial charge on any atom is 0.225 e. The molecule has 8 heteroatoms. The van der Waals surface area contributed by atoms with Gasteiger partial charge in [-0.1, -0.05) is 5.21 Å². The van der Waals surface area contributed by atoms with E-state index >= 15 is 0 Å². The van der Waals surface area contributed by atoms with E-state index in [0.717, 1.165) is 23.4 Å². The topological polar surface area (TPSA) is 91.4 Å². The van der Waals surface area contributed by atoms with Crippen molar-refractivity contribution in [1.29, 1.82) is 0 Å². The normalized spacial score (nSPS) is 23.7. The Morgan fingerprint density at radius 3 is 3.22 bits per heavy atom. The summed E-state index contributed by atoms with van der Waals surface area (Å²) in [6.45, 7) is 2.63. The first-order valence-electron chi connectivity index (χ1n) is 7.73. The van der Waals surface area contributed by atoms with Crippen molar-refractivity contribution in [2.45, 2.75) is 25.7 Å². The second kappa shape index (κ2) is 6.13. The van der Waals surface area contributed by atoms with Gasteiger partial charge in [0.05, 0.1) is 50.0 Å². The Kier molecular flexibility index (Phi) is 3.84. The summed E-state index contributed by atoms with van der Waals surface area (Å²) in [6.07, 6.45) is 3.93. The van der Waals surface area contributed by atoms with Gasteiger partial charge in [-0.05, 0) is 12.5 Å². The van der Waals surface area contributed by atoms with Crippen LogP contribution >= 0.6 is 0 Å². The number of carbonyl (C=O) groups excluding carboxylic acids is 1. The zero-order valence-corrected chi connectivity index (χ0v) is 12.6. The van der Waals surface area contributed by atoms with Crippen LogP contribution in [0.5, 0.6) is 0 Å². The van der Waals surface area contributed by atoms with Gasteiger partial charge in [0.25, 0.3) is 0 Å². The minimum absolute atomic E-state index is 0.0341. The van der Waals surface area contributed by atoms with E-state index < -0.39 is 0 Å². The molecule has 2 aromatic heterocycles. The van der Waals surface area contributed by atoms with Crippen molar-refractivity contribution < 1.29 is 18.7 Å². The molecule has 0 aliphatic carbocycles. The summed E-state index contributed by atoms with van der Waals surface area (Å²) in [5, 5.41) is 11.3. The van der Waals surface area contributed by atoms with Gasteiger partial charge in [-0.2, -0.15) is 0 Å². The van der Waals surface area contributed by atoms with E-state index in [-0.39, 0.29) is 17.9 Å². The largest absolute Gasteiger partial charge is 0.472 e. The van der Waals surface area contributed by atoms with Gasteiger partial charge in [0, 0.05) is 18.7 Å². The van der Waals surface area contributed by atoms with Crippen molar-refractivity contribution in [3.05, 3.63) is 24.3 Å². The molecule has 23 heavy (non-hydrogen) atoms. The van der Waals surface area contributed by atoms with Gasteiger partial charge in [-0.25, -0.2) is 4.68 Å². The van der Waals surface area contributed by atoms with Crippen LogP contribution in [-0.4, -0.2) is 46.8 Å². The van der Waals surface area contributed by atoms with Gasteiger partial charge < -0.3 is 19.2 Å². The van der Waals surface area contributed by atoms with E-state index in [9.17, 15) is 4.79 Å². The Bertz CT molecular complexity index is 676. The Morgan fingerprint density at radius 2 is 2.43 bits per heavy atom. The summed E-state index contributed by atoms with van der Waals surface area (Å²) in [5.74, 6) is 0.00258. The van der Waals surface area contributed by atoms with E-state index in [1.807, 2.05) is 10.7 Å². The summed E-state index contributed by atoms with van der Waals surface area (Å²) in [6, 6.07) is 1.85. The molecule has 0 spiro atoms. The third-order valence-electron chi connectivity index (χ3n) is 4.27. The number of hydrogen-bond donors (Lipinski definition) is 1. The van der Waals surface area contributed by atoms with Crippen LogP contribution < -0.4 is 5.32 Å². The Balaban J connectivity index is 1.37. The van der Waals surface area contributed by atoms with Crippen LogP contribution in [0.15, 0.2) is 23.0 Å². The lowest BCUT2D eigenvalue weighted by Crippen LogP contribution is -2.41. The lowest BCUT2D eigenvalue weighted by Gasteiger charge is -2.24. The molecular formula is C15H18N4O4. The third kappa shape index (κ3) is 2.87. The number of furan rings is 1. The van der Waals surface area contributed by atoms with Crippen LogP contribution in [0.2, 0.25) is 0 Å². The van der Waals surface area contributed by atoms with Gasteiger partial charge in [0.15, 0.2) is 0 Å². The number of fused-ring (bicyclic) bond motifs is 1. The Labute approximate surface area is 132 Å². The zero-order chi connectivity index (χ0) is 15.6. The highest BCUT2D eigenvalue weighted by Crippen LogP contribution is 2.25. The first kappa shape index (κ1) is 14.4. The van der Waals surface area contributed by atoms with Gasteiger partial charge in [0.2, 0.25) is 5.91 Å². The van der Waals surface area contributed by atoms with E-state index in [1.54, 1.807) is 12.5 Å². The van der Waals surface area contributed by atoms with Crippen LogP contribution in [-0.2, 0) is 27.4 Å². The predicted octanol–water partition coefficient (Wildman–Crippen LogP) is 0.590. The maximum atomic E-state index is 12.0. The molecule has 2 atom stereocenters. The van der Waals surface area contributed by atoms with Crippen molar-refractivity contribution in [3.8, 4) is 11.3 Å². The molecule has 2 aromatic rings. The standard InChI is InChI=1S/C15H18N4O4/c20-15(11-2-4-22-8-11)16-5-12-6-19-13(9-23-12)14(17-18-19)10-1-3-21-7-10/h1,3,7,11-12H,2,4-6,8-9H2,(H,16,20)/t11-,12+/m1/s1. The van der Waals surface area contributed by atoms with Crippen LogP contribution in [0.1, 0.15) is 12.1 Å². The van der Waals surface area contributed by atoms with Crippen molar-refractivity contribution in [2.75, 3.05) is 19.8 Å². The van der Waals surface area contributed by atoms with Crippen molar-refractivity contribution in [3.63, 3.8) is 0 Å². The first-order valence-corrected chi connectivity index (χ1v) is 7.73. The van der Waals surface area contributed by atoms with Crippen molar-refractivity contribution in [1.82, 2.24) is 20.3 Å². The minimum Gasteiger partial charge on any atom is -0.472 e. The van der Waals surface area contributed by atoms with Crippen molar-refractivity contribution >= 4 is 5.91 Å². The number of hydrogen-bond acceptors (Lipinski definition) is 6. The molecule has 0 bridgehead atoms. The maximum absolute atomic E-state index is 12.0. The summed E-state index contributed by atoms with van der Waals surface area (Å²) in [7, 11) is 0. The molecule has 0 saturated carbocycles. The number of amides is 1. The summed E-state index contributed by atoms with van der Waals surface area (Å²) in [4.78, 5) is 12.0. The van der Waals surface area contributed by atoms with E-state index in [0.29, 0.717) is 32.9 Å². The highest BCUT2D eigenvalue weighted by molar-refractivity contribution is 5.79. The fraction of sp³-hybridized carbons (Fsp3) is 0.533. The smallest absolute Gasteiger partial charge is 0.225 e. The molecular weight excluding hydrogens is 300 g/mol. The van der Waals surface area contributed by atoms with Gasteiger partial charge >= 0.3 is 0 Å². The lowest BCUT2D eigenvalue weighted by atomic mass is 10.1. The SMILES string of the molecule is O=C(NC[C@H]1Cn2nnc(-c3ccoc3)c2CO1)[C@@H]1CCOC1. The van der Waals surface area contributed by atoms with E-state index in [1.165, 1.54) is 0 Å². The molecule has 1 saturated heterocycles. The fourth-order valence-electron chi connectivity index (χ4n) is 2.91. The second-order valence-corrected chi connectivity index (χ2v) is 5.82. The molecule has 0 aromatic carbocycles. The highest BCUT2D eigenvalue weighted by atomic mass is 16.5. The molecule has 8 nitrogen and oxygen atoms in total. The Morgan fingerprint density at radius 1 is 1.48 bits per heavy atom. The van der Waals surface area contributed by atoms with Crippen LogP contribution in [0.3, 0.4) is 0 Å². The molecule has 122 valence electrons. The molecule has 1 N–H and O–H groups in total. The fourth-order valence-corrected chi connectivity index (χ4v) is 2.91. The van der Waals surface area contributed by atoms with Crippen molar-refractivity contribution in [2.24, 2.45) is 5.92 Å². The number of nitrogens with zero attached hydrogens (tertiary/aromatic N) is 3. The quantitative estimate of drug-likeness (QED) is 0.887. The number of carbonyl (C=O) groups is 1. The highest BCUT2D eigenvalue weighted by Gasteiger charge is 2.27. The van der Waals surface area contributed by atoms with Gasteiger partial charge in [-0.3, -0.25) is 4.79 Å². The second-order valence-electron chi connectivity index (χ2n) is 5.82. The molecule has 0 unspecified atom stereocenters. The molecule has 1 amide bonds. The van der Waals surface area contributed by atoms with Crippen LogP contribution in [0.4, 0.5) is 0 Å². The predicted molar refractivity (Wildman–Crippen MR) is 78.2 cm³/mol. The van der Waals surface area contributed by atoms with Crippen LogP contribution in [0.25, 0.3) is 11.3 Å². The zero-order valence-electron chi connectivity index (χ0n) is 12.6. The average molecular weight is 318 g/mol. The lowest BCUT2D eigenvalue weighted by molar-refractivity contribution is -0.126. The van der Waals surface area contributed by atoms with Gasteiger partial charge in [0.1, 0.15) is 5.69 Å². The molecule has 2 aliphatic heterocycles. The number of ether oxygens (including phenoxy) is 2. The molecule has 1 fully saturated rings. The van der Waals surface area contributed by atoms with E-state index in [4.69, 9.17) is 13.9 Å². The average Bonchev–Trinajstić information content (AvgIpc) is 3.32. The molecule has 4 rings (SSSR count). The number of aromatic nitrogens is 3. The number of rotatable bonds is 4.